The lowest BCUT2D eigenvalue weighted by Crippen LogP contribution is -2.39. The monoisotopic (exact) mass is 354 g/mol. The molecule has 2 fully saturated rings. The second kappa shape index (κ2) is 5.10. The molecular formula is C18H18N4O4. The highest BCUT2D eigenvalue weighted by Gasteiger charge is 2.94. The van der Waals surface area contributed by atoms with Gasteiger partial charge in [-0.3, -0.25) is 0 Å². The lowest BCUT2D eigenvalue weighted by molar-refractivity contribution is -0.193. The lowest BCUT2D eigenvalue weighted by Gasteiger charge is -2.26. The van der Waals surface area contributed by atoms with Crippen LogP contribution in [-0.2, 0) is 9.47 Å². The zero-order chi connectivity index (χ0) is 18.7. The number of benzene rings is 1. The Morgan fingerprint density at radius 1 is 1.27 bits per heavy atom. The van der Waals surface area contributed by atoms with Crippen molar-refractivity contribution in [2.45, 2.75) is 24.9 Å². The molecule has 5 atom stereocenters. The third-order valence-corrected chi connectivity index (χ3v) is 5.55. The molecule has 1 spiro atoms. The Hall–Kier alpha value is -2.81. The molecule has 0 amide bonds. The van der Waals surface area contributed by atoms with Crippen molar-refractivity contribution in [2.24, 2.45) is 21.6 Å². The topological polar surface area (TPSA) is 123 Å². The number of methoxy groups -OCH3 is 2. The van der Waals surface area contributed by atoms with E-state index in [2.05, 4.69) is 17.1 Å². The Morgan fingerprint density at radius 2 is 2.04 bits per heavy atom. The predicted molar refractivity (Wildman–Crippen MR) is 89.2 cm³/mol. The van der Waals surface area contributed by atoms with Gasteiger partial charge in [-0.1, -0.05) is 12.1 Å². The number of amidine groups is 1. The number of ether oxygens (including phenoxy) is 4. The maximum atomic E-state index is 10.2. The van der Waals surface area contributed by atoms with Crippen LogP contribution >= 0.6 is 0 Å². The molecule has 1 aromatic rings. The third kappa shape index (κ3) is 1.53. The smallest absolute Gasteiger partial charge is 0.293 e. The minimum Gasteiger partial charge on any atom is -0.493 e. The van der Waals surface area contributed by atoms with Crippen LogP contribution in [-0.4, -0.2) is 38.7 Å². The average Bonchev–Trinajstić information content (AvgIpc) is 3.04. The summed E-state index contributed by atoms with van der Waals surface area (Å²) in [6.07, 6.45) is -0.264. The maximum absolute atomic E-state index is 10.2. The predicted octanol–water partition coefficient (Wildman–Crippen LogP) is 1.28. The fourth-order valence-corrected chi connectivity index (χ4v) is 4.47. The molecule has 0 radical (unpaired) electrons. The van der Waals surface area contributed by atoms with E-state index in [4.69, 9.17) is 24.7 Å². The van der Waals surface area contributed by atoms with Crippen LogP contribution in [0, 0.1) is 33.5 Å². The molecule has 0 aromatic heterocycles. The summed E-state index contributed by atoms with van der Waals surface area (Å²) in [4.78, 5) is 4.29. The van der Waals surface area contributed by atoms with Gasteiger partial charge in [0.2, 0.25) is 0 Å². The Bertz CT molecular complexity index is 903. The molecule has 26 heavy (non-hydrogen) atoms. The SMILES string of the molecule is COc1cccc([C@H]2[C@@]3(C#N)[C@@]4(N=C(N)[C@@]23C#N)OC[C@@H](C)O4)c1OC. The summed E-state index contributed by atoms with van der Waals surface area (Å²) in [5, 5.41) is 20.2. The van der Waals surface area contributed by atoms with Gasteiger partial charge in [0.05, 0.1) is 39.1 Å². The van der Waals surface area contributed by atoms with Gasteiger partial charge in [0.1, 0.15) is 11.3 Å². The van der Waals surface area contributed by atoms with Gasteiger partial charge in [0, 0.05) is 11.5 Å². The molecule has 8 nitrogen and oxygen atoms in total. The summed E-state index contributed by atoms with van der Waals surface area (Å²) in [5.74, 6) is -1.20. The van der Waals surface area contributed by atoms with Crippen LogP contribution in [0.15, 0.2) is 23.2 Å². The molecular weight excluding hydrogens is 336 g/mol. The average molecular weight is 354 g/mol. The summed E-state index contributed by atoms with van der Waals surface area (Å²) in [7, 11) is 3.03. The van der Waals surface area contributed by atoms with E-state index >= 15 is 0 Å². The second-order valence-corrected chi connectivity index (χ2v) is 6.67. The molecule has 1 aliphatic carbocycles. The van der Waals surface area contributed by atoms with Crippen molar-refractivity contribution in [2.75, 3.05) is 20.8 Å². The van der Waals surface area contributed by atoms with Crippen LogP contribution in [0.2, 0.25) is 0 Å². The molecule has 134 valence electrons. The minimum absolute atomic E-state index is 0.0468. The van der Waals surface area contributed by atoms with Crippen LogP contribution < -0.4 is 15.2 Å². The molecule has 3 aliphatic rings. The van der Waals surface area contributed by atoms with Crippen molar-refractivity contribution in [3.63, 3.8) is 0 Å². The lowest BCUT2D eigenvalue weighted by atomic mass is 9.93. The fourth-order valence-electron chi connectivity index (χ4n) is 4.47. The Kier molecular flexibility index (Phi) is 3.27. The van der Waals surface area contributed by atoms with Crippen LogP contribution in [0.1, 0.15) is 18.4 Å². The van der Waals surface area contributed by atoms with Gasteiger partial charge in [-0.25, -0.2) is 4.99 Å². The first-order valence-electron chi connectivity index (χ1n) is 8.19. The normalized spacial score (nSPS) is 39.7. The van der Waals surface area contributed by atoms with Gasteiger partial charge in [0.25, 0.3) is 5.91 Å². The van der Waals surface area contributed by atoms with E-state index in [0.29, 0.717) is 17.1 Å². The van der Waals surface area contributed by atoms with E-state index < -0.39 is 22.7 Å². The van der Waals surface area contributed by atoms with Gasteiger partial charge in [-0.15, -0.1) is 0 Å². The van der Waals surface area contributed by atoms with E-state index in [0.717, 1.165) is 0 Å². The number of nitriles is 2. The number of fused-ring (bicyclic) bond motifs is 2. The van der Waals surface area contributed by atoms with Gasteiger partial charge >= 0.3 is 0 Å². The van der Waals surface area contributed by atoms with E-state index in [1.54, 1.807) is 18.2 Å². The first kappa shape index (κ1) is 16.6. The van der Waals surface area contributed by atoms with Gasteiger partial charge < -0.3 is 24.7 Å². The summed E-state index contributed by atoms with van der Waals surface area (Å²) in [5.41, 5.74) is 4.07. The standard InChI is InChI=1S/C18H18N4O4/c1-10-7-25-18(26-10)17(9-20)14(16(17,8-19)15(21)22-18)11-5-4-6-12(23-2)13(11)24-3/h4-6,10,14H,7H2,1-3H3,(H2,21,22)/t10-,14-,16-,17-,18-/m1/s1. The minimum atomic E-state index is -1.58. The summed E-state index contributed by atoms with van der Waals surface area (Å²) in [6.45, 7) is 2.09. The van der Waals surface area contributed by atoms with E-state index in [9.17, 15) is 10.5 Å². The molecule has 8 heteroatoms. The van der Waals surface area contributed by atoms with Crippen molar-refractivity contribution in [3.8, 4) is 23.6 Å². The van der Waals surface area contributed by atoms with Crippen molar-refractivity contribution in [1.82, 2.24) is 0 Å². The van der Waals surface area contributed by atoms with E-state index in [-0.39, 0.29) is 18.5 Å². The third-order valence-electron chi connectivity index (χ3n) is 5.55. The Balaban J connectivity index is 1.95. The molecule has 0 unspecified atom stereocenters. The highest BCUT2D eigenvalue weighted by atomic mass is 16.8. The molecule has 0 bridgehead atoms. The first-order chi connectivity index (χ1) is 12.5. The summed E-state index contributed by atoms with van der Waals surface area (Å²) < 4.78 is 22.6. The molecule has 1 aromatic carbocycles. The van der Waals surface area contributed by atoms with Crippen LogP contribution in [0.3, 0.4) is 0 Å². The van der Waals surface area contributed by atoms with Crippen LogP contribution in [0.25, 0.3) is 0 Å². The highest BCUT2D eigenvalue weighted by molar-refractivity contribution is 6.00. The molecule has 4 rings (SSSR count). The summed E-state index contributed by atoms with van der Waals surface area (Å²) in [6, 6.07) is 9.81. The second-order valence-electron chi connectivity index (χ2n) is 6.67. The van der Waals surface area contributed by atoms with Crippen molar-refractivity contribution < 1.29 is 18.9 Å². The maximum Gasteiger partial charge on any atom is 0.293 e. The van der Waals surface area contributed by atoms with Gasteiger partial charge in [-0.05, 0) is 13.0 Å². The number of para-hydroxylation sites is 1. The van der Waals surface area contributed by atoms with Crippen LogP contribution in [0.5, 0.6) is 11.5 Å². The number of rotatable bonds is 3. The Labute approximate surface area is 150 Å². The number of nitrogens with zero attached hydrogens (tertiary/aromatic N) is 3. The zero-order valence-electron chi connectivity index (χ0n) is 14.6. The largest absolute Gasteiger partial charge is 0.493 e. The molecule has 2 heterocycles. The van der Waals surface area contributed by atoms with Crippen molar-refractivity contribution in [3.05, 3.63) is 23.8 Å². The van der Waals surface area contributed by atoms with Gasteiger partial charge in [-0.2, -0.15) is 10.5 Å². The van der Waals surface area contributed by atoms with Crippen molar-refractivity contribution >= 4 is 5.84 Å². The quantitative estimate of drug-likeness (QED) is 0.867. The van der Waals surface area contributed by atoms with Gasteiger partial charge in [0.15, 0.2) is 16.9 Å². The molecule has 1 saturated heterocycles. The fraction of sp³-hybridized carbons (Fsp3) is 0.500. The van der Waals surface area contributed by atoms with Crippen LogP contribution in [0.4, 0.5) is 0 Å². The zero-order valence-corrected chi connectivity index (χ0v) is 14.6. The summed E-state index contributed by atoms with van der Waals surface area (Å²) >= 11 is 0. The molecule has 2 aliphatic heterocycles. The molecule has 1 saturated carbocycles. The highest BCUT2D eigenvalue weighted by Crippen LogP contribution is 2.83. The number of hydrogen-bond donors (Lipinski definition) is 1. The van der Waals surface area contributed by atoms with E-state index in [1.165, 1.54) is 14.2 Å². The van der Waals surface area contributed by atoms with Crippen molar-refractivity contribution in [1.29, 1.82) is 10.5 Å². The first-order valence-corrected chi connectivity index (χ1v) is 8.19. The number of aliphatic imine (C=N–C) groups is 1. The number of nitrogens with two attached hydrogens (primary N) is 1. The Morgan fingerprint density at radius 3 is 2.58 bits per heavy atom. The number of hydrogen-bond acceptors (Lipinski definition) is 8. The van der Waals surface area contributed by atoms with E-state index in [1.807, 2.05) is 6.92 Å². The molecule has 2 N–H and O–H groups in total.